The van der Waals surface area contributed by atoms with Gasteiger partial charge in [0.25, 0.3) is 0 Å². The molecule has 3 rings (SSSR count). The Morgan fingerprint density at radius 3 is 2.76 bits per heavy atom. The molecule has 1 aliphatic rings. The standard InChI is InChI=1S/C17H20ClN3/c1-20-9-10-21(16-12-19-8-7-15(16)11-18)17(13-20)14-5-3-2-4-6-14/h2-8,12,17H,9-11,13H2,1H3. The highest BCUT2D eigenvalue weighted by Crippen LogP contribution is 2.32. The van der Waals surface area contributed by atoms with Crippen molar-refractivity contribution >= 4 is 17.3 Å². The van der Waals surface area contributed by atoms with Gasteiger partial charge in [0.2, 0.25) is 0 Å². The summed E-state index contributed by atoms with van der Waals surface area (Å²) in [6, 6.07) is 13.0. The summed E-state index contributed by atoms with van der Waals surface area (Å²) < 4.78 is 0. The predicted molar refractivity (Wildman–Crippen MR) is 87.8 cm³/mol. The van der Waals surface area contributed by atoms with E-state index in [4.69, 9.17) is 11.6 Å². The molecule has 1 fully saturated rings. The first-order chi connectivity index (χ1) is 10.3. The molecule has 0 amide bonds. The lowest BCUT2D eigenvalue weighted by Gasteiger charge is -2.42. The second-order valence-electron chi connectivity index (χ2n) is 5.52. The number of hydrogen-bond donors (Lipinski definition) is 0. The van der Waals surface area contributed by atoms with Crippen LogP contribution in [-0.2, 0) is 5.88 Å². The van der Waals surface area contributed by atoms with Crippen molar-refractivity contribution in [3.8, 4) is 0 Å². The molecule has 0 bridgehead atoms. The topological polar surface area (TPSA) is 19.4 Å². The fourth-order valence-corrected chi connectivity index (χ4v) is 3.18. The average molecular weight is 302 g/mol. The Kier molecular flexibility index (Phi) is 4.42. The van der Waals surface area contributed by atoms with Crippen LogP contribution in [0.5, 0.6) is 0 Å². The summed E-state index contributed by atoms with van der Waals surface area (Å²) in [5, 5.41) is 0. The lowest BCUT2D eigenvalue weighted by atomic mass is 10.0. The molecular formula is C17H20ClN3. The maximum atomic E-state index is 6.11. The van der Waals surface area contributed by atoms with Crippen LogP contribution in [0.4, 0.5) is 5.69 Å². The van der Waals surface area contributed by atoms with Crippen molar-refractivity contribution in [2.24, 2.45) is 0 Å². The number of pyridine rings is 1. The highest BCUT2D eigenvalue weighted by molar-refractivity contribution is 6.17. The quantitative estimate of drug-likeness (QED) is 0.811. The van der Waals surface area contributed by atoms with Crippen LogP contribution < -0.4 is 4.90 Å². The minimum Gasteiger partial charge on any atom is -0.360 e. The van der Waals surface area contributed by atoms with E-state index in [0.29, 0.717) is 11.9 Å². The van der Waals surface area contributed by atoms with Gasteiger partial charge in [-0.15, -0.1) is 11.6 Å². The molecule has 2 aromatic rings. The summed E-state index contributed by atoms with van der Waals surface area (Å²) in [7, 11) is 2.18. The molecule has 0 aliphatic carbocycles. The lowest BCUT2D eigenvalue weighted by molar-refractivity contribution is 0.269. The zero-order valence-electron chi connectivity index (χ0n) is 12.2. The Balaban J connectivity index is 1.98. The molecule has 3 nitrogen and oxygen atoms in total. The summed E-state index contributed by atoms with van der Waals surface area (Å²) in [5.41, 5.74) is 3.65. The molecule has 0 N–H and O–H groups in total. The van der Waals surface area contributed by atoms with Gasteiger partial charge in [0, 0.05) is 31.7 Å². The molecule has 0 spiro atoms. The minimum atomic E-state index is 0.344. The molecule has 1 atom stereocenters. The highest BCUT2D eigenvalue weighted by atomic mass is 35.5. The number of halogens is 1. The van der Waals surface area contributed by atoms with Gasteiger partial charge in [0.1, 0.15) is 0 Å². The number of likely N-dealkylation sites (N-methyl/N-ethyl adjacent to an activating group) is 1. The Morgan fingerprint density at radius 2 is 2.00 bits per heavy atom. The lowest BCUT2D eigenvalue weighted by Crippen LogP contribution is -2.47. The minimum absolute atomic E-state index is 0.344. The van der Waals surface area contributed by atoms with Crippen molar-refractivity contribution in [3.63, 3.8) is 0 Å². The van der Waals surface area contributed by atoms with Crippen molar-refractivity contribution < 1.29 is 0 Å². The number of benzene rings is 1. The molecule has 2 heterocycles. The van der Waals surface area contributed by atoms with Crippen LogP contribution in [-0.4, -0.2) is 36.6 Å². The number of hydrogen-bond acceptors (Lipinski definition) is 3. The van der Waals surface area contributed by atoms with Gasteiger partial charge in [-0.2, -0.15) is 0 Å². The third kappa shape index (κ3) is 3.04. The molecule has 1 unspecified atom stereocenters. The monoisotopic (exact) mass is 301 g/mol. The predicted octanol–water partition coefficient (Wildman–Crippen LogP) is 3.31. The van der Waals surface area contributed by atoms with E-state index in [-0.39, 0.29) is 0 Å². The van der Waals surface area contributed by atoms with Crippen molar-refractivity contribution in [2.75, 3.05) is 31.6 Å². The summed E-state index contributed by atoms with van der Waals surface area (Å²) >= 11 is 6.11. The zero-order valence-corrected chi connectivity index (χ0v) is 13.0. The molecule has 1 saturated heterocycles. The molecular weight excluding hydrogens is 282 g/mol. The van der Waals surface area contributed by atoms with E-state index in [9.17, 15) is 0 Å². The molecule has 0 saturated carbocycles. The normalized spacial score (nSPS) is 19.7. The van der Waals surface area contributed by atoms with Gasteiger partial charge in [0.15, 0.2) is 0 Å². The van der Waals surface area contributed by atoms with Crippen LogP contribution in [0.15, 0.2) is 48.8 Å². The van der Waals surface area contributed by atoms with E-state index in [0.717, 1.165) is 30.9 Å². The summed E-state index contributed by atoms with van der Waals surface area (Å²) in [6.07, 6.45) is 3.76. The molecule has 110 valence electrons. The van der Waals surface area contributed by atoms with E-state index in [1.165, 1.54) is 5.56 Å². The van der Waals surface area contributed by atoms with E-state index in [1.807, 2.05) is 18.5 Å². The maximum absolute atomic E-state index is 6.11. The third-order valence-electron chi connectivity index (χ3n) is 4.11. The second-order valence-corrected chi connectivity index (χ2v) is 5.79. The largest absolute Gasteiger partial charge is 0.360 e. The molecule has 1 aromatic carbocycles. The van der Waals surface area contributed by atoms with E-state index in [1.54, 1.807) is 0 Å². The summed E-state index contributed by atoms with van der Waals surface area (Å²) in [5.74, 6) is 0.520. The number of anilines is 1. The van der Waals surface area contributed by atoms with Crippen LogP contribution in [0.3, 0.4) is 0 Å². The van der Waals surface area contributed by atoms with E-state index in [2.05, 4.69) is 52.2 Å². The fraction of sp³-hybridized carbons (Fsp3) is 0.353. The van der Waals surface area contributed by atoms with Crippen molar-refractivity contribution in [3.05, 3.63) is 59.9 Å². The SMILES string of the molecule is CN1CCN(c2cnccc2CCl)C(c2ccccc2)C1. The third-order valence-corrected chi connectivity index (χ3v) is 4.40. The van der Waals surface area contributed by atoms with Crippen LogP contribution in [0.25, 0.3) is 0 Å². The smallest absolute Gasteiger partial charge is 0.0670 e. The molecule has 21 heavy (non-hydrogen) atoms. The average Bonchev–Trinajstić information content (AvgIpc) is 2.55. The maximum Gasteiger partial charge on any atom is 0.0670 e. The number of aromatic nitrogens is 1. The Bertz CT molecular complexity index is 588. The van der Waals surface area contributed by atoms with Crippen molar-refractivity contribution in [2.45, 2.75) is 11.9 Å². The molecule has 0 radical (unpaired) electrons. The number of nitrogens with zero attached hydrogens (tertiary/aromatic N) is 3. The van der Waals surface area contributed by atoms with Gasteiger partial charge >= 0.3 is 0 Å². The molecule has 4 heteroatoms. The van der Waals surface area contributed by atoms with Gasteiger partial charge < -0.3 is 9.80 Å². The van der Waals surface area contributed by atoms with E-state index >= 15 is 0 Å². The summed E-state index contributed by atoms with van der Waals surface area (Å²) in [4.78, 5) is 9.13. The van der Waals surface area contributed by atoms with Gasteiger partial charge in [-0.05, 0) is 24.2 Å². The highest BCUT2D eigenvalue weighted by Gasteiger charge is 2.28. The Morgan fingerprint density at radius 1 is 1.19 bits per heavy atom. The van der Waals surface area contributed by atoms with Crippen LogP contribution >= 0.6 is 11.6 Å². The fourth-order valence-electron chi connectivity index (χ4n) is 2.95. The zero-order chi connectivity index (χ0) is 14.7. The van der Waals surface area contributed by atoms with Crippen LogP contribution in [0.1, 0.15) is 17.2 Å². The first-order valence-corrected chi connectivity index (χ1v) is 7.82. The number of rotatable bonds is 3. The molecule has 1 aromatic heterocycles. The Hall–Kier alpha value is -1.58. The van der Waals surface area contributed by atoms with E-state index < -0.39 is 0 Å². The van der Waals surface area contributed by atoms with Crippen LogP contribution in [0.2, 0.25) is 0 Å². The first-order valence-electron chi connectivity index (χ1n) is 7.28. The second kappa shape index (κ2) is 6.46. The van der Waals surface area contributed by atoms with Gasteiger partial charge in [-0.1, -0.05) is 30.3 Å². The number of piperazine rings is 1. The number of alkyl halides is 1. The first kappa shape index (κ1) is 14.4. The van der Waals surface area contributed by atoms with Gasteiger partial charge in [-0.25, -0.2) is 0 Å². The van der Waals surface area contributed by atoms with Gasteiger partial charge in [0.05, 0.1) is 17.9 Å². The van der Waals surface area contributed by atoms with Crippen molar-refractivity contribution in [1.29, 1.82) is 0 Å². The molecule has 1 aliphatic heterocycles. The van der Waals surface area contributed by atoms with Crippen molar-refractivity contribution in [1.82, 2.24) is 9.88 Å². The van der Waals surface area contributed by atoms with Crippen LogP contribution in [0, 0.1) is 0 Å². The Labute approximate surface area is 131 Å². The summed E-state index contributed by atoms with van der Waals surface area (Å²) in [6.45, 7) is 3.06. The van der Waals surface area contributed by atoms with Gasteiger partial charge in [-0.3, -0.25) is 4.98 Å².